The van der Waals surface area contributed by atoms with Crippen molar-refractivity contribution in [1.82, 2.24) is 19.8 Å². The van der Waals surface area contributed by atoms with E-state index in [1.165, 1.54) is 0 Å². The van der Waals surface area contributed by atoms with Crippen molar-refractivity contribution in [1.29, 1.82) is 0 Å². The number of amides is 1. The SMILES string of the molecule is Cc1nc(CN2C[C@@H](OCc3ccccn3)CN(Cc3ccoc3)CC2=O)cs1. The molecule has 4 heterocycles. The van der Waals surface area contributed by atoms with Crippen molar-refractivity contribution < 1.29 is 13.9 Å². The number of carbonyl (C=O) groups excluding carboxylic acids is 1. The number of thiazole rings is 1. The molecule has 0 bridgehead atoms. The van der Waals surface area contributed by atoms with E-state index in [4.69, 9.17) is 9.15 Å². The molecule has 152 valence electrons. The summed E-state index contributed by atoms with van der Waals surface area (Å²) in [4.78, 5) is 25.8. The van der Waals surface area contributed by atoms with Gasteiger partial charge in [-0.2, -0.15) is 0 Å². The van der Waals surface area contributed by atoms with Crippen LogP contribution in [0.25, 0.3) is 0 Å². The predicted molar refractivity (Wildman–Crippen MR) is 109 cm³/mol. The minimum Gasteiger partial charge on any atom is -0.472 e. The Morgan fingerprint density at radius 3 is 2.90 bits per heavy atom. The predicted octanol–water partition coefficient (Wildman–Crippen LogP) is 2.87. The lowest BCUT2D eigenvalue weighted by molar-refractivity contribution is -0.132. The standard InChI is InChI=1S/C21H24N4O3S/c1-16-23-19(15-29-16)9-25-11-20(28-14-18-4-2-3-6-22-18)10-24(12-21(25)26)8-17-5-7-27-13-17/h2-7,13,15,20H,8-12,14H2,1H3/t20-/m0/s1. The Hall–Kier alpha value is -2.55. The Morgan fingerprint density at radius 1 is 1.24 bits per heavy atom. The molecule has 0 aromatic carbocycles. The van der Waals surface area contributed by atoms with Crippen LogP contribution in [-0.4, -0.2) is 51.4 Å². The average molecular weight is 413 g/mol. The van der Waals surface area contributed by atoms with Gasteiger partial charge >= 0.3 is 0 Å². The monoisotopic (exact) mass is 412 g/mol. The fourth-order valence-electron chi connectivity index (χ4n) is 3.43. The third kappa shape index (κ3) is 5.50. The van der Waals surface area contributed by atoms with Crippen molar-refractivity contribution in [2.45, 2.75) is 32.7 Å². The smallest absolute Gasteiger partial charge is 0.237 e. The van der Waals surface area contributed by atoms with E-state index in [-0.39, 0.29) is 12.0 Å². The Labute approximate surface area is 173 Å². The van der Waals surface area contributed by atoms with Crippen molar-refractivity contribution in [3.63, 3.8) is 0 Å². The van der Waals surface area contributed by atoms with Gasteiger partial charge in [0.05, 0.1) is 54.7 Å². The van der Waals surface area contributed by atoms with Gasteiger partial charge in [0, 0.05) is 36.8 Å². The largest absolute Gasteiger partial charge is 0.472 e. The molecule has 1 amide bonds. The van der Waals surface area contributed by atoms with Gasteiger partial charge in [0.2, 0.25) is 5.91 Å². The summed E-state index contributed by atoms with van der Waals surface area (Å²) >= 11 is 1.60. The Morgan fingerprint density at radius 2 is 2.17 bits per heavy atom. The van der Waals surface area contributed by atoms with Crippen molar-refractivity contribution in [3.05, 3.63) is 70.3 Å². The molecule has 1 aliphatic heterocycles. The highest BCUT2D eigenvalue weighted by atomic mass is 32.1. The van der Waals surface area contributed by atoms with E-state index in [0.29, 0.717) is 39.3 Å². The first-order valence-corrected chi connectivity index (χ1v) is 10.5. The number of furan rings is 1. The van der Waals surface area contributed by atoms with Crippen LogP contribution in [0, 0.1) is 6.92 Å². The third-order valence-electron chi connectivity index (χ3n) is 4.80. The summed E-state index contributed by atoms with van der Waals surface area (Å²) in [5, 5.41) is 3.02. The minimum atomic E-state index is -0.116. The molecule has 3 aromatic rings. The van der Waals surface area contributed by atoms with Crippen LogP contribution >= 0.6 is 11.3 Å². The number of carbonyl (C=O) groups is 1. The summed E-state index contributed by atoms with van der Waals surface area (Å²) in [6.45, 7) is 5.09. The quantitative estimate of drug-likeness (QED) is 0.594. The fourth-order valence-corrected chi connectivity index (χ4v) is 4.04. The van der Waals surface area contributed by atoms with E-state index in [1.807, 2.05) is 41.5 Å². The van der Waals surface area contributed by atoms with E-state index >= 15 is 0 Å². The number of rotatable bonds is 7. The maximum absolute atomic E-state index is 13.0. The summed E-state index contributed by atoms with van der Waals surface area (Å²) in [5.41, 5.74) is 2.85. The molecule has 0 aliphatic carbocycles. The lowest BCUT2D eigenvalue weighted by Gasteiger charge is -2.24. The molecule has 1 fully saturated rings. The zero-order valence-corrected chi connectivity index (χ0v) is 17.2. The topological polar surface area (TPSA) is 71.7 Å². The van der Waals surface area contributed by atoms with E-state index in [0.717, 1.165) is 22.0 Å². The molecule has 1 saturated heterocycles. The molecule has 0 spiro atoms. The summed E-state index contributed by atoms with van der Waals surface area (Å²) in [5.74, 6) is 0.0862. The molecule has 0 saturated carbocycles. The lowest BCUT2D eigenvalue weighted by atomic mass is 10.2. The maximum atomic E-state index is 13.0. The zero-order chi connectivity index (χ0) is 20.1. The van der Waals surface area contributed by atoms with E-state index in [2.05, 4.69) is 14.9 Å². The highest BCUT2D eigenvalue weighted by Gasteiger charge is 2.29. The molecule has 1 atom stereocenters. The van der Waals surface area contributed by atoms with Crippen LogP contribution in [0.15, 0.2) is 52.8 Å². The highest BCUT2D eigenvalue weighted by molar-refractivity contribution is 7.09. The first-order chi connectivity index (χ1) is 14.2. The molecular weight excluding hydrogens is 388 g/mol. The van der Waals surface area contributed by atoms with E-state index in [9.17, 15) is 4.79 Å². The summed E-state index contributed by atoms with van der Waals surface area (Å²) in [7, 11) is 0. The second-order valence-electron chi connectivity index (χ2n) is 7.19. The van der Waals surface area contributed by atoms with Gasteiger partial charge in [-0.25, -0.2) is 4.98 Å². The van der Waals surface area contributed by atoms with Crippen LogP contribution in [-0.2, 0) is 29.2 Å². The first-order valence-electron chi connectivity index (χ1n) is 9.59. The number of ether oxygens (including phenoxy) is 1. The molecule has 8 heteroatoms. The third-order valence-corrected chi connectivity index (χ3v) is 5.62. The molecule has 4 rings (SSSR count). The summed E-state index contributed by atoms with van der Waals surface area (Å²) in [6, 6.07) is 7.71. The van der Waals surface area contributed by atoms with Crippen molar-refractivity contribution in [3.8, 4) is 0 Å². The molecule has 0 N–H and O–H groups in total. The van der Waals surface area contributed by atoms with Crippen LogP contribution in [0.3, 0.4) is 0 Å². The van der Waals surface area contributed by atoms with Crippen molar-refractivity contribution in [2.24, 2.45) is 0 Å². The molecule has 29 heavy (non-hydrogen) atoms. The van der Waals surface area contributed by atoms with Gasteiger partial charge in [-0.1, -0.05) is 6.07 Å². The summed E-state index contributed by atoms with van der Waals surface area (Å²) in [6.07, 6.45) is 5.02. The number of pyridine rings is 1. The first kappa shape index (κ1) is 19.8. The van der Waals surface area contributed by atoms with E-state index < -0.39 is 0 Å². The maximum Gasteiger partial charge on any atom is 0.237 e. The molecule has 3 aromatic heterocycles. The average Bonchev–Trinajstić information content (AvgIpc) is 3.34. The van der Waals surface area contributed by atoms with Crippen LogP contribution in [0.5, 0.6) is 0 Å². The normalized spacial score (nSPS) is 18.2. The van der Waals surface area contributed by atoms with Gasteiger partial charge in [-0.3, -0.25) is 14.7 Å². The van der Waals surface area contributed by atoms with Gasteiger partial charge < -0.3 is 14.1 Å². The molecule has 0 radical (unpaired) electrons. The molecule has 7 nitrogen and oxygen atoms in total. The number of nitrogens with zero attached hydrogens (tertiary/aromatic N) is 4. The second-order valence-corrected chi connectivity index (χ2v) is 8.25. The molecular formula is C21H24N4O3S. The van der Waals surface area contributed by atoms with Gasteiger partial charge in [-0.15, -0.1) is 11.3 Å². The van der Waals surface area contributed by atoms with Gasteiger partial charge in [-0.05, 0) is 25.1 Å². The van der Waals surface area contributed by atoms with Crippen LogP contribution in [0.4, 0.5) is 0 Å². The van der Waals surface area contributed by atoms with Gasteiger partial charge in [0.1, 0.15) is 0 Å². The van der Waals surface area contributed by atoms with Gasteiger partial charge in [0.15, 0.2) is 0 Å². The zero-order valence-electron chi connectivity index (χ0n) is 16.4. The van der Waals surface area contributed by atoms with Crippen molar-refractivity contribution in [2.75, 3.05) is 19.6 Å². The second kappa shape index (κ2) is 9.30. The van der Waals surface area contributed by atoms with Crippen LogP contribution in [0.2, 0.25) is 0 Å². The Bertz CT molecular complexity index is 913. The van der Waals surface area contributed by atoms with E-state index in [1.54, 1.807) is 30.1 Å². The van der Waals surface area contributed by atoms with Crippen LogP contribution in [0.1, 0.15) is 22.0 Å². The lowest BCUT2D eigenvalue weighted by Crippen LogP contribution is -2.37. The highest BCUT2D eigenvalue weighted by Crippen LogP contribution is 2.17. The van der Waals surface area contributed by atoms with Crippen LogP contribution < -0.4 is 0 Å². The number of hydrogen-bond acceptors (Lipinski definition) is 7. The Balaban J connectivity index is 1.47. The molecule has 1 aliphatic rings. The fraction of sp³-hybridized carbons (Fsp3) is 0.381. The minimum absolute atomic E-state index is 0.0862. The Kier molecular flexibility index (Phi) is 6.33. The number of aromatic nitrogens is 2. The summed E-state index contributed by atoms with van der Waals surface area (Å²) < 4.78 is 11.4. The van der Waals surface area contributed by atoms with Gasteiger partial charge in [0.25, 0.3) is 0 Å². The molecule has 0 unspecified atom stereocenters. The number of aryl methyl sites for hydroxylation is 1. The van der Waals surface area contributed by atoms with Crippen molar-refractivity contribution >= 4 is 17.2 Å². The number of hydrogen-bond donors (Lipinski definition) is 0.